The SMILES string of the molecule is Cc1nc2c(sc3ncccc32)c(=O)n1CC(=O)NC1CCCCC1. The van der Waals surface area contributed by atoms with Crippen molar-refractivity contribution in [2.24, 2.45) is 0 Å². The second-order valence-electron chi connectivity index (χ2n) is 6.59. The van der Waals surface area contributed by atoms with Crippen molar-refractivity contribution < 1.29 is 4.79 Å². The molecule has 1 aliphatic carbocycles. The summed E-state index contributed by atoms with van der Waals surface area (Å²) < 4.78 is 2.03. The summed E-state index contributed by atoms with van der Waals surface area (Å²) >= 11 is 1.34. The van der Waals surface area contributed by atoms with Crippen LogP contribution in [0.25, 0.3) is 20.4 Å². The average Bonchev–Trinajstić information content (AvgIpc) is 2.98. The number of hydrogen-bond donors (Lipinski definition) is 1. The first-order valence-electron chi connectivity index (χ1n) is 8.67. The Morgan fingerprint density at radius 3 is 2.96 bits per heavy atom. The highest BCUT2D eigenvalue weighted by Crippen LogP contribution is 2.28. The van der Waals surface area contributed by atoms with E-state index >= 15 is 0 Å². The van der Waals surface area contributed by atoms with Crippen LogP contribution < -0.4 is 10.9 Å². The largest absolute Gasteiger partial charge is 0.352 e. The molecular formula is C18H20N4O2S. The van der Waals surface area contributed by atoms with Crippen LogP contribution in [0.15, 0.2) is 23.1 Å². The topological polar surface area (TPSA) is 76.9 Å². The van der Waals surface area contributed by atoms with Gasteiger partial charge in [-0.05, 0) is 31.9 Å². The summed E-state index contributed by atoms with van der Waals surface area (Å²) in [5.41, 5.74) is 0.517. The van der Waals surface area contributed by atoms with Gasteiger partial charge in [0.25, 0.3) is 5.56 Å². The lowest BCUT2D eigenvalue weighted by Crippen LogP contribution is -2.40. The fourth-order valence-corrected chi connectivity index (χ4v) is 4.55. The lowest BCUT2D eigenvalue weighted by Gasteiger charge is -2.23. The number of hydrogen-bond acceptors (Lipinski definition) is 5. The highest BCUT2D eigenvalue weighted by molar-refractivity contribution is 7.25. The number of rotatable bonds is 3. The molecule has 1 fully saturated rings. The maximum absolute atomic E-state index is 12.9. The molecule has 25 heavy (non-hydrogen) atoms. The van der Waals surface area contributed by atoms with Crippen LogP contribution in [-0.2, 0) is 11.3 Å². The average molecular weight is 356 g/mol. The summed E-state index contributed by atoms with van der Waals surface area (Å²) in [6.07, 6.45) is 7.32. The van der Waals surface area contributed by atoms with E-state index in [2.05, 4.69) is 15.3 Å². The first-order valence-corrected chi connectivity index (χ1v) is 9.49. The van der Waals surface area contributed by atoms with E-state index in [0.717, 1.165) is 35.9 Å². The number of aromatic nitrogens is 3. The van der Waals surface area contributed by atoms with Crippen molar-refractivity contribution in [3.8, 4) is 0 Å². The third kappa shape index (κ3) is 3.04. The maximum Gasteiger partial charge on any atom is 0.272 e. The van der Waals surface area contributed by atoms with Crippen LogP contribution in [0.1, 0.15) is 37.9 Å². The van der Waals surface area contributed by atoms with Gasteiger partial charge in [-0.25, -0.2) is 9.97 Å². The van der Waals surface area contributed by atoms with Crippen molar-refractivity contribution in [1.82, 2.24) is 19.9 Å². The number of aryl methyl sites for hydroxylation is 1. The van der Waals surface area contributed by atoms with Crippen LogP contribution >= 0.6 is 11.3 Å². The summed E-state index contributed by atoms with van der Waals surface area (Å²) in [6, 6.07) is 4.00. The normalized spacial score (nSPS) is 15.7. The summed E-state index contributed by atoms with van der Waals surface area (Å²) in [6.45, 7) is 1.79. The zero-order valence-corrected chi connectivity index (χ0v) is 14.9. The van der Waals surface area contributed by atoms with Gasteiger partial charge in [0.05, 0.1) is 5.52 Å². The van der Waals surface area contributed by atoms with E-state index in [1.165, 1.54) is 22.3 Å². The molecule has 6 nitrogen and oxygen atoms in total. The predicted molar refractivity (Wildman–Crippen MR) is 98.9 cm³/mol. The van der Waals surface area contributed by atoms with Gasteiger partial charge in [0.2, 0.25) is 5.91 Å². The predicted octanol–water partition coefficient (Wildman–Crippen LogP) is 2.76. The molecule has 3 aromatic rings. The van der Waals surface area contributed by atoms with Crippen molar-refractivity contribution in [3.63, 3.8) is 0 Å². The quantitative estimate of drug-likeness (QED) is 0.783. The van der Waals surface area contributed by atoms with E-state index < -0.39 is 0 Å². The third-order valence-corrected chi connectivity index (χ3v) is 5.91. The van der Waals surface area contributed by atoms with Gasteiger partial charge in [-0.3, -0.25) is 14.2 Å². The molecule has 1 aliphatic rings. The van der Waals surface area contributed by atoms with Gasteiger partial charge in [-0.15, -0.1) is 11.3 Å². The zero-order chi connectivity index (χ0) is 17.4. The molecule has 0 unspecified atom stereocenters. The fraction of sp³-hybridized carbons (Fsp3) is 0.444. The van der Waals surface area contributed by atoms with Crippen molar-refractivity contribution >= 4 is 37.7 Å². The van der Waals surface area contributed by atoms with Crippen molar-refractivity contribution in [1.29, 1.82) is 0 Å². The van der Waals surface area contributed by atoms with Gasteiger partial charge >= 0.3 is 0 Å². The Labute approximate surface area is 148 Å². The van der Waals surface area contributed by atoms with Gasteiger partial charge < -0.3 is 5.32 Å². The molecule has 0 aliphatic heterocycles. The summed E-state index contributed by atoms with van der Waals surface area (Å²) in [5, 5.41) is 3.95. The lowest BCUT2D eigenvalue weighted by molar-refractivity contribution is -0.122. The molecule has 1 amide bonds. The van der Waals surface area contributed by atoms with E-state index in [4.69, 9.17) is 0 Å². The molecule has 0 saturated heterocycles. The Morgan fingerprint density at radius 1 is 1.36 bits per heavy atom. The van der Waals surface area contributed by atoms with E-state index in [1.54, 1.807) is 13.1 Å². The van der Waals surface area contributed by atoms with Crippen LogP contribution in [0.2, 0.25) is 0 Å². The molecule has 0 radical (unpaired) electrons. The Hall–Kier alpha value is -2.28. The van der Waals surface area contributed by atoms with E-state index in [9.17, 15) is 9.59 Å². The minimum Gasteiger partial charge on any atom is -0.352 e. The number of nitrogens with one attached hydrogen (secondary N) is 1. The maximum atomic E-state index is 12.9. The Kier molecular flexibility index (Phi) is 4.25. The molecule has 1 N–H and O–H groups in total. The van der Waals surface area contributed by atoms with Crippen LogP contribution in [0.5, 0.6) is 0 Å². The highest BCUT2D eigenvalue weighted by atomic mass is 32.1. The Bertz CT molecular complexity index is 1000. The van der Waals surface area contributed by atoms with Gasteiger partial charge in [0.1, 0.15) is 21.9 Å². The Balaban J connectivity index is 1.66. The summed E-state index contributed by atoms with van der Waals surface area (Å²) in [5.74, 6) is 0.442. The van der Waals surface area contributed by atoms with E-state index in [1.807, 2.05) is 12.1 Å². The molecule has 3 aromatic heterocycles. The van der Waals surface area contributed by atoms with Gasteiger partial charge in [0, 0.05) is 17.6 Å². The van der Waals surface area contributed by atoms with E-state index in [-0.39, 0.29) is 24.1 Å². The molecule has 0 atom stereocenters. The van der Waals surface area contributed by atoms with Crippen LogP contribution in [0, 0.1) is 6.92 Å². The van der Waals surface area contributed by atoms with Gasteiger partial charge in [-0.2, -0.15) is 0 Å². The molecule has 4 rings (SSSR count). The minimum atomic E-state index is -0.163. The number of fused-ring (bicyclic) bond motifs is 3. The van der Waals surface area contributed by atoms with Crippen LogP contribution in [0.3, 0.4) is 0 Å². The Morgan fingerprint density at radius 2 is 2.16 bits per heavy atom. The molecular weight excluding hydrogens is 336 g/mol. The number of nitrogens with zero attached hydrogens (tertiary/aromatic N) is 3. The standard InChI is InChI=1S/C18H20N4O2S/c1-11-20-15-13-8-5-9-19-17(13)25-16(15)18(24)22(11)10-14(23)21-12-6-3-2-4-7-12/h5,8-9,12H,2-4,6-7,10H2,1H3,(H,21,23). The van der Waals surface area contributed by atoms with Gasteiger partial charge in [0.15, 0.2) is 0 Å². The van der Waals surface area contributed by atoms with E-state index in [0.29, 0.717) is 16.0 Å². The molecule has 7 heteroatoms. The van der Waals surface area contributed by atoms with Crippen molar-refractivity contribution in [2.75, 3.05) is 0 Å². The fourth-order valence-electron chi connectivity index (χ4n) is 3.52. The lowest BCUT2D eigenvalue weighted by atomic mass is 9.95. The second-order valence-corrected chi connectivity index (χ2v) is 7.59. The number of carbonyl (C=O) groups is 1. The first-order chi connectivity index (χ1) is 12.1. The molecule has 130 valence electrons. The van der Waals surface area contributed by atoms with Crippen molar-refractivity contribution in [2.45, 2.75) is 51.6 Å². The number of amides is 1. The van der Waals surface area contributed by atoms with Crippen molar-refractivity contribution in [3.05, 3.63) is 34.5 Å². The summed E-state index contributed by atoms with van der Waals surface area (Å²) in [7, 11) is 0. The molecule has 0 aromatic carbocycles. The highest BCUT2D eigenvalue weighted by Gasteiger charge is 2.19. The second kappa shape index (κ2) is 6.55. The number of pyridine rings is 1. The molecule has 1 saturated carbocycles. The minimum absolute atomic E-state index is 0.0196. The molecule has 0 spiro atoms. The smallest absolute Gasteiger partial charge is 0.272 e. The van der Waals surface area contributed by atoms with Crippen LogP contribution in [-0.4, -0.2) is 26.5 Å². The number of carbonyl (C=O) groups excluding carboxylic acids is 1. The third-order valence-electron chi connectivity index (χ3n) is 4.82. The summed E-state index contributed by atoms with van der Waals surface area (Å²) in [4.78, 5) is 34.9. The number of thiophene rings is 1. The van der Waals surface area contributed by atoms with Crippen LogP contribution in [0.4, 0.5) is 0 Å². The monoisotopic (exact) mass is 356 g/mol. The first kappa shape index (κ1) is 16.2. The zero-order valence-electron chi connectivity index (χ0n) is 14.1. The molecule has 3 heterocycles. The molecule has 0 bridgehead atoms. The van der Waals surface area contributed by atoms with Gasteiger partial charge in [-0.1, -0.05) is 19.3 Å².